The van der Waals surface area contributed by atoms with E-state index in [0.29, 0.717) is 28.8 Å². The monoisotopic (exact) mass is 552 g/mol. The van der Waals surface area contributed by atoms with Crippen molar-refractivity contribution in [2.24, 2.45) is 0 Å². The first-order chi connectivity index (χ1) is 18.7. The highest BCUT2D eigenvalue weighted by Crippen LogP contribution is 2.38. The van der Waals surface area contributed by atoms with Crippen molar-refractivity contribution >= 4 is 16.0 Å². The van der Waals surface area contributed by atoms with Gasteiger partial charge in [0.25, 0.3) is 0 Å². The number of para-hydroxylation sites is 1. The molecule has 39 heavy (non-hydrogen) atoms. The third-order valence-corrected chi connectivity index (χ3v) is 8.38. The fourth-order valence-corrected chi connectivity index (χ4v) is 5.39. The van der Waals surface area contributed by atoms with Crippen molar-refractivity contribution in [2.75, 3.05) is 26.1 Å². The Bertz CT molecular complexity index is 1490. The molecule has 0 radical (unpaired) electrons. The number of nitrogens with zero attached hydrogens (tertiary/aromatic N) is 5. The number of nitrogens with one attached hydrogen (secondary N) is 1. The smallest absolute Gasteiger partial charge is 0.243 e. The number of aromatic nitrogens is 5. The highest BCUT2D eigenvalue weighted by atomic mass is 32.2. The lowest BCUT2D eigenvalue weighted by atomic mass is 10.1. The van der Waals surface area contributed by atoms with Crippen LogP contribution in [0.25, 0.3) is 5.69 Å². The molecule has 2 aromatic carbocycles. The van der Waals surface area contributed by atoms with Gasteiger partial charge in [-0.05, 0) is 37.1 Å². The van der Waals surface area contributed by atoms with Gasteiger partial charge in [-0.15, -0.1) is 10.2 Å². The van der Waals surface area contributed by atoms with Gasteiger partial charge < -0.3 is 14.2 Å². The Labute approximate surface area is 228 Å². The molecule has 4 rings (SSSR count). The van der Waals surface area contributed by atoms with E-state index in [-0.39, 0.29) is 5.95 Å². The molecule has 0 aliphatic rings. The van der Waals surface area contributed by atoms with Crippen LogP contribution in [0, 0.1) is 6.92 Å². The molecule has 0 aliphatic heterocycles. The number of rotatable bonds is 11. The Morgan fingerprint density at radius 2 is 1.49 bits per heavy atom. The maximum absolute atomic E-state index is 13.7. The van der Waals surface area contributed by atoms with Crippen LogP contribution >= 0.6 is 0 Å². The average molecular weight is 553 g/mol. The van der Waals surface area contributed by atoms with Gasteiger partial charge in [-0.25, -0.2) is 18.4 Å². The van der Waals surface area contributed by atoms with E-state index in [4.69, 9.17) is 14.2 Å². The molecule has 0 bridgehead atoms. The fourth-order valence-electron chi connectivity index (χ4n) is 4.16. The minimum absolute atomic E-state index is 0.0466. The summed E-state index contributed by atoms with van der Waals surface area (Å²) in [5.74, 6) is 1.05. The number of ether oxygens (including phenoxy) is 3. The highest BCUT2D eigenvalue weighted by Gasteiger charge is 2.33. The molecule has 12 heteroatoms. The zero-order chi connectivity index (χ0) is 28.2. The van der Waals surface area contributed by atoms with Crippen LogP contribution in [0.4, 0.5) is 5.95 Å². The topological polar surface area (TPSA) is 130 Å². The van der Waals surface area contributed by atoms with E-state index in [1.807, 2.05) is 37.3 Å². The Balaban J connectivity index is 1.84. The zero-order valence-corrected chi connectivity index (χ0v) is 23.5. The van der Waals surface area contributed by atoms with Gasteiger partial charge in [0.15, 0.2) is 5.82 Å². The van der Waals surface area contributed by atoms with Crippen molar-refractivity contribution < 1.29 is 22.6 Å². The van der Waals surface area contributed by atoms with E-state index < -0.39 is 27.3 Å². The Morgan fingerprint density at radius 1 is 0.872 bits per heavy atom. The number of aryl methyl sites for hydroxylation is 1. The standard InChI is InChI=1S/C27H32N6O5S/c1-17-15-28-25(29-16-17)18(2)19(3)39(34,35)32-27-31-30-26(24(38-6)20-11-8-7-9-12-20)33(27)23-21(36-4)13-10-14-22(23)37-5/h7-16,18-19,24H,1-6H3,(H,31,32)/t18-,19-,24-/m0/s1. The second-order valence-corrected chi connectivity index (χ2v) is 11.1. The summed E-state index contributed by atoms with van der Waals surface area (Å²) in [6, 6.07) is 14.7. The molecule has 0 amide bonds. The summed E-state index contributed by atoms with van der Waals surface area (Å²) in [5.41, 5.74) is 2.10. The average Bonchev–Trinajstić information content (AvgIpc) is 3.34. The summed E-state index contributed by atoms with van der Waals surface area (Å²) in [6.45, 7) is 5.24. The predicted octanol–water partition coefficient (Wildman–Crippen LogP) is 4.05. The van der Waals surface area contributed by atoms with E-state index in [2.05, 4.69) is 24.9 Å². The quantitative estimate of drug-likeness (QED) is 0.293. The Hall–Kier alpha value is -4.03. The van der Waals surface area contributed by atoms with Gasteiger partial charge in [0.05, 0.1) is 19.5 Å². The number of anilines is 1. The van der Waals surface area contributed by atoms with Crippen molar-refractivity contribution in [1.29, 1.82) is 0 Å². The first-order valence-electron chi connectivity index (χ1n) is 12.3. The number of methoxy groups -OCH3 is 3. The van der Waals surface area contributed by atoms with Crippen LogP contribution in [0.1, 0.15) is 48.6 Å². The van der Waals surface area contributed by atoms with Crippen LogP contribution < -0.4 is 14.2 Å². The molecule has 11 nitrogen and oxygen atoms in total. The van der Waals surface area contributed by atoms with Gasteiger partial charge in [0.1, 0.15) is 29.1 Å². The molecule has 4 aromatic rings. The zero-order valence-electron chi connectivity index (χ0n) is 22.7. The molecule has 2 heterocycles. The van der Waals surface area contributed by atoms with Crippen molar-refractivity contribution in [3.05, 3.63) is 83.7 Å². The molecule has 0 aliphatic carbocycles. The van der Waals surface area contributed by atoms with Gasteiger partial charge in [0, 0.05) is 25.4 Å². The molecular weight excluding hydrogens is 520 g/mol. The molecule has 0 saturated heterocycles. The predicted molar refractivity (Wildman–Crippen MR) is 147 cm³/mol. The molecule has 0 spiro atoms. The summed E-state index contributed by atoms with van der Waals surface area (Å²) in [7, 11) is 0.580. The molecule has 0 saturated carbocycles. The van der Waals surface area contributed by atoms with E-state index in [9.17, 15) is 8.42 Å². The van der Waals surface area contributed by atoms with Crippen molar-refractivity contribution in [2.45, 2.75) is 38.0 Å². The normalized spacial score (nSPS) is 13.9. The van der Waals surface area contributed by atoms with Crippen molar-refractivity contribution in [3.63, 3.8) is 0 Å². The lowest BCUT2D eigenvalue weighted by molar-refractivity contribution is 0.127. The summed E-state index contributed by atoms with van der Waals surface area (Å²) in [6.07, 6.45) is 2.65. The van der Waals surface area contributed by atoms with Crippen LogP contribution in [0.3, 0.4) is 0 Å². The lowest BCUT2D eigenvalue weighted by Gasteiger charge is -2.23. The Kier molecular flexibility index (Phi) is 8.46. The second-order valence-electron chi connectivity index (χ2n) is 9.01. The van der Waals surface area contributed by atoms with Gasteiger partial charge in [-0.1, -0.05) is 43.3 Å². The third-order valence-electron chi connectivity index (χ3n) is 6.52. The van der Waals surface area contributed by atoms with Crippen LogP contribution in [0.5, 0.6) is 11.5 Å². The summed E-state index contributed by atoms with van der Waals surface area (Å²) < 4.78 is 48.6. The molecule has 2 aromatic heterocycles. The van der Waals surface area contributed by atoms with E-state index in [0.717, 1.165) is 11.1 Å². The first kappa shape index (κ1) is 28.0. The van der Waals surface area contributed by atoms with Gasteiger partial charge in [0.2, 0.25) is 16.0 Å². The third kappa shape index (κ3) is 5.71. The van der Waals surface area contributed by atoms with E-state index in [1.54, 1.807) is 56.1 Å². The first-order valence-corrected chi connectivity index (χ1v) is 13.8. The van der Waals surface area contributed by atoms with Crippen molar-refractivity contribution in [3.8, 4) is 17.2 Å². The van der Waals surface area contributed by atoms with Gasteiger partial charge in [-0.2, -0.15) is 0 Å². The molecule has 1 N–H and O–H groups in total. The SMILES string of the molecule is COc1cccc(OC)c1-n1c(NS(=O)(=O)[C@@H](C)[C@H](C)c2ncc(C)cn2)nnc1[C@@H](OC)c1ccccc1. The van der Waals surface area contributed by atoms with Gasteiger partial charge >= 0.3 is 0 Å². The second kappa shape index (κ2) is 11.8. The molecule has 206 valence electrons. The lowest BCUT2D eigenvalue weighted by Crippen LogP contribution is -2.31. The van der Waals surface area contributed by atoms with Crippen LogP contribution in [0.2, 0.25) is 0 Å². The number of hydrogen-bond donors (Lipinski definition) is 1. The van der Waals surface area contributed by atoms with E-state index >= 15 is 0 Å². The van der Waals surface area contributed by atoms with Crippen LogP contribution in [-0.4, -0.2) is 59.7 Å². The van der Waals surface area contributed by atoms with Crippen LogP contribution in [-0.2, 0) is 14.8 Å². The molecule has 0 fully saturated rings. The van der Waals surface area contributed by atoms with Gasteiger partial charge in [-0.3, -0.25) is 9.29 Å². The molecule has 3 atom stereocenters. The maximum atomic E-state index is 13.7. The van der Waals surface area contributed by atoms with E-state index in [1.165, 1.54) is 14.2 Å². The number of hydrogen-bond acceptors (Lipinski definition) is 9. The fraction of sp³-hybridized carbons (Fsp3) is 0.333. The minimum atomic E-state index is -4.00. The number of sulfonamides is 1. The van der Waals surface area contributed by atoms with Crippen molar-refractivity contribution in [1.82, 2.24) is 24.7 Å². The highest BCUT2D eigenvalue weighted by molar-refractivity contribution is 7.93. The summed E-state index contributed by atoms with van der Waals surface area (Å²) in [4.78, 5) is 8.63. The van der Waals surface area contributed by atoms with Crippen LogP contribution in [0.15, 0.2) is 60.9 Å². The molecule has 0 unspecified atom stereocenters. The molecular formula is C27H32N6O5S. The summed E-state index contributed by atoms with van der Waals surface area (Å²) >= 11 is 0. The minimum Gasteiger partial charge on any atom is -0.494 e. The largest absolute Gasteiger partial charge is 0.494 e. The Morgan fingerprint density at radius 3 is 2.05 bits per heavy atom. The number of benzene rings is 2. The maximum Gasteiger partial charge on any atom is 0.243 e. The summed E-state index contributed by atoms with van der Waals surface area (Å²) in [5, 5.41) is 7.72.